The van der Waals surface area contributed by atoms with Crippen LogP contribution in [-0.4, -0.2) is 11.3 Å². The Balaban J connectivity index is 2.45. The smallest absolute Gasteiger partial charge is 0.184 e. The van der Waals surface area contributed by atoms with Crippen molar-refractivity contribution in [1.82, 2.24) is 5.43 Å². The van der Waals surface area contributed by atoms with Crippen LogP contribution >= 0.6 is 12.2 Å². The fourth-order valence-corrected chi connectivity index (χ4v) is 1.80. The molecule has 0 amide bonds. The summed E-state index contributed by atoms with van der Waals surface area (Å²) in [7, 11) is 0. The van der Waals surface area contributed by atoms with E-state index in [1.165, 1.54) is 16.3 Å². The van der Waals surface area contributed by atoms with Crippen LogP contribution in [0.3, 0.4) is 0 Å². The first-order valence-corrected chi connectivity index (χ1v) is 5.66. The molecular weight excluding hydrogens is 230 g/mol. The van der Waals surface area contributed by atoms with E-state index in [4.69, 9.17) is 5.73 Å². The highest BCUT2D eigenvalue weighted by Gasteiger charge is 2.00. The summed E-state index contributed by atoms with van der Waals surface area (Å²) in [5, 5.41) is 6.54. The third-order valence-electron chi connectivity index (χ3n) is 2.55. The van der Waals surface area contributed by atoms with Crippen molar-refractivity contribution >= 4 is 34.3 Å². The van der Waals surface area contributed by atoms with Gasteiger partial charge < -0.3 is 5.73 Å². The molecule has 0 radical (unpaired) electrons. The largest absolute Gasteiger partial charge is 0.375 e. The highest BCUT2D eigenvalue weighted by Crippen LogP contribution is 2.20. The maximum atomic E-state index is 5.30. The predicted molar refractivity (Wildman–Crippen MR) is 76.2 cm³/mol. The Morgan fingerprint density at radius 1 is 1.24 bits per heavy atom. The van der Waals surface area contributed by atoms with Crippen LogP contribution in [0, 0.1) is 6.92 Å². The second-order valence-corrected chi connectivity index (χ2v) is 4.19. The summed E-state index contributed by atoms with van der Waals surface area (Å²) in [4.78, 5) is 0. The van der Waals surface area contributed by atoms with Gasteiger partial charge in [-0.3, -0.25) is 5.43 Å². The topological polar surface area (TPSA) is 50.4 Å². The first kappa shape index (κ1) is 11.5. The van der Waals surface area contributed by atoms with Crippen LogP contribution in [-0.2, 0) is 0 Å². The number of nitrogens with two attached hydrogens (primary N) is 1. The van der Waals surface area contributed by atoms with Gasteiger partial charge in [-0.25, -0.2) is 0 Å². The molecule has 3 nitrogen and oxygen atoms in total. The summed E-state index contributed by atoms with van der Waals surface area (Å²) < 4.78 is 0. The van der Waals surface area contributed by atoms with E-state index in [2.05, 4.69) is 47.9 Å². The molecule has 86 valence electrons. The third kappa shape index (κ3) is 2.60. The molecular formula is C13H13N3S. The zero-order chi connectivity index (χ0) is 12.3. The maximum Gasteiger partial charge on any atom is 0.184 e. The Morgan fingerprint density at radius 2 is 1.94 bits per heavy atom. The van der Waals surface area contributed by atoms with E-state index in [1.807, 2.05) is 18.2 Å². The average Bonchev–Trinajstić information content (AvgIpc) is 2.32. The molecule has 0 saturated carbocycles. The fraction of sp³-hybridized carbons (Fsp3) is 0.0769. The molecule has 4 heteroatoms. The molecule has 17 heavy (non-hydrogen) atoms. The molecule has 0 aliphatic carbocycles. The molecule has 0 heterocycles. The van der Waals surface area contributed by atoms with Gasteiger partial charge in [0.25, 0.3) is 0 Å². The minimum Gasteiger partial charge on any atom is -0.375 e. The van der Waals surface area contributed by atoms with Crippen LogP contribution in [0.15, 0.2) is 41.5 Å². The second-order valence-electron chi connectivity index (χ2n) is 3.75. The fourth-order valence-electron chi connectivity index (χ4n) is 1.75. The molecule has 0 bridgehead atoms. The van der Waals surface area contributed by atoms with Gasteiger partial charge >= 0.3 is 0 Å². The van der Waals surface area contributed by atoms with Gasteiger partial charge in [0.15, 0.2) is 5.11 Å². The Labute approximate surface area is 105 Å². The van der Waals surface area contributed by atoms with Gasteiger partial charge in [-0.15, -0.1) is 0 Å². The summed E-state index contributed by atoms with van der Waals surface area (Å²) >= 11 is 4.68. The predicted octanol–water partition coefficient (Wildman–Crippen LogP) is 2.32. The van der Waals surface area contributed by atoms with Gasteiger partial charge in [0.2, 0.25) is 0 Å². The number of nitrogens with zero attached hydrogens (tertiary/aromatic N) is 1. The first-order valence-electron chi connectivity index (χ1n) is 5.25. The molecule has 0 aliphatic rings. The number of hydrogen-bond donors (Lipinski definition) is 2. The monoisotopic (exact) mass is 243 g/mol. The lowest BCUT2D eigenvalue weighted by Crippen LogP contribution is -2.24. The number of aryl methyl sites for hydroxylation is 1. The Hall–Kier alpha value is -1.94. The van der Waals surface area contributed by atoms with Crippen LogP contribution in [0.2, 0.25) is 0 Å². The third-order valence-corrected chi connectivity index (χ3v) is 2.65. The van der Waals surface area contributed by atoms with Crippen molar-refractivity contribution in [3.8, 4) is 0 Å². The van der Waals surface area contributed by atoms with Gasteiger partial charge in [-0.2, -0.15) is 5.10 Å². The Bertz CT molecular complexity index is 590. The van der Waals surface area contributed by atoms with Crippen LogP contribution in [0.5, 0.6) is 0 Å². The van der Waals surface area contributed by atoms with E-state index < -0.39 is 0 Å². The molecule has 0 atom stereocenters. The lowest BCUT2D eigenvalue weighted by molar-refractivity contribution is 1.04. The molecule has 0 unspecified atom stereocenters. The molecule has 0 aromatic heterocycles. The first-order chi connectivity index (χ1) is 8.18. The lowest BCUT2D eigenvalue weighted by Gasteiger charge is -2.05. The minimum absolute atomic E-state index is 0.165. The van der Waals surface area contributed by atoms with Crippen molar-refractivity contribution in [2.75, 3.05) is 0 Å². The number of rotatable bonds is 2. The van der Waals surface area contributed by atoms with E-state index in [1.54, 1.807) is 6.21 Å². The quantitative estimate of drug-likeness (QED) is 0.483. The van der Waals surface area contributed by atoms with Crippen molar-refractivity contribution < 1.29 is 0 Å². The van der Waals surface area contributed by atoms with Gasteiger partial charge in [-0.05, 0) is 35.5 Å². The molecule has 2 aromatic carbocycles. The summed E-state index contributed by atoms with van der Waals surface area (Å²) in [6.07, 6.45) is 1.72. The van der Waals surface area contributed by atoms with E-state index in [0.717, 1.165) is 5.56 Å². The number of hydrazone groups is 1. The van der Waals surface area contributed by atoms with Crippen molar-refractivity contribution in [3.05, 3.63) is 47.5 Å². The molecule has 0 aliphatic heterocycles. The number of nitrogens with one attached hydrogen (secondary N) is 1. The van der Waals surface area contributed by atoms with Crippen molar-refractivity contribution in [1.29, 1.82) is 0 Å². The van der Waals surface area contributed by atoms with E-state index in [0.29, 0.717) is 0 Å². The van der Waals surface area contributed by atoms with Crippen LogP contribution in [0.1, 0.15) is 11.1 Å². The van der Waals surface area contributed by atoms with Crippen LogP contribution in [0.4, 0.5) is 0 Å². The van der Waals surface area contributed by atoms with E-state index >= 15 is 0 Å². The standard InChI is InChI=1S/C13H13N3S/c1-9-6-7-10(8-15-16-13(14)17)12-5-3-2-4-11(9)12/h2-8H,1H3,(H3,14,16,17). The van der Waals surface area contributed by atoms with Gasteiger partial charge in [-0.1, -0.05) is 36.4 Å². The minimum atomic E-state index is 0.165. The number of fused-ring (bicyclic) bond motifs is 1. The van der Waals surface area contributed by atoms with Crippen molar-refractivity contribution in [3.63, 3.8) is 0 Å². The highest BCUT2D eigenvalue weighted by molar-refractivity contribution is 7.80. The number of thiocarbonyl (C=S) groups is 1. The van der Waals surface area contributed by atoms with E-state index in [-0.39, 0.29) is 5.11 Å². The molecule has 0 fully saturated rings. The van der Waals surface area contributed by atoms with Gasteiger partial charge in [0.05, 0.1) is 6.21 Å². The summed E-state index contributed by atoms with van der Waals surface area (Å²) in [6.45, 7) is 2.09. The number of hydrogen-bond acceptors (Lipinski definition) is 2. The number of benzene rings is 2. The van der Waals surface area contributed by atoms with Crippen LogP contribution in [0.25, 0.3) is 10.8 Å². The summed E-state index contributed by atoms with van der Waals surface area (Å²) in [5.74, 6) is 0. The normalized spacial score (nSPS) is 10.9. The maximum absolute atomic E-state index is 5.30. The van der Waals surface area contributed by atoms with Gasteiger partial charge in [0.1, 0.15) is 0 Å². The van der Waals surface area contributed by atoms with Crippen molar-refractivity contribution in [2.24, 2.45) is 10.8 Å². The molecule has 0 spiro atoms. The van der Waals surface area contributed by atoms with E-state index in [9.17, 15) is 0 Å². The average molecular weight is 243 g/mol. The summed E-state index contributed by atoms with van der Waals surface area (Å²) in [6, 6.07) is 12.3. The molecule has 2 rings (SSSR count). The molecule has 3 N–H and O–H groups in total. The molecule has 2 aromatic rings. The Morgan fingerprint density at radius 3 is 2.65 bits per heavy atom. The zero-order valence-corrected chi connectivity index (χ0v) is 10.3. The lowest BCUT2D eigenvalue weighted by atomic mass is 10.0. The molecule has 0 saturated heterocycles. The zero-order valence-electron chi connectivity index (χ0n) is 9.47. The Kier molecular flexibility index (Phi) is 3.35. The second kappa shape index (κ2) is 4.93. The summed E-state index contributed by atoms with van der Waals surface area (Å²) in [5.41, 5.74) is 10.1. The van der Waals surface area contributed by atoms with Gasteiger partial charge in [0, 0.05) is 5.56 Å². The highest BCUT2D eigenvalue weighted by atomic mass is 32.1. The van der Waals surface area contributed by atoms with Crippen molar-refractivity contribution in [2.45, 2.75) is 6.92 Å². The van der Waals surface area contributed by atoms with Crippen LogP contribution < -0.4 is 11.2 Å². The SMILES string of the molecule is Cc1ccc(C=NNC(N)=S)c2ccccc12.